The van der Waals surface area contributed by atoms with E-state index in [1.54, 1.807) is 12.1 Å². The van der Waals surface area contributed by atoms with E-state index in [9.17, 15) is 9.18 Å². The van der Waals surface area contributed by atoms with Crippen molar-refractivity contribution in [1.82, 2.24) is 15.1 Å². The van der Waals surface area contributed by atoms with Crippen molar-refractivity contribution >= 4 is 5.91 Å². The van der Waals surface area contributed by atoms with Crippen molar-refractivity contribution in [3.8, 4) is 0 Å². The Kier molecular flexibility index (Phi) is 6.75. The third kappa shape index (κ3) is 5.64. The molecule has 0 bridgehead atoms. The average molecular weight is 355 g/mol. The maximum atomic E-state index is 13.6. The molecule has 3 rings (SSSR count). The van der Waals surface area contributed by atoms with E-state index in [-0.39, 0.29) is 11.7 Å². The summed E-state index contributed by atoms with van der Waals surface area (Å²) in [6.45, 7) is 5.57. The molecule has 26 heavy (non-hydrogen) atoms. The number of hydrogen-bond acceptors (Lipinski definition) is 3. The summed E-state index contributed by atoms with van der Waals surface area (Å²) in [5, 5.41) is 2.90. The average Bonchev–Trinajstić information content (AvgIpc) is 2.66. The Labute approximate surface area is 154 Å². The lowest BCUT2D eigenvalue weighted by Gasteiger charge is -2.34. The zero-order valence-electron chi connectivity index (χ0n) is 15.0. The SMILES string of the molecule is O=C(CN1CCN(Cc2ccccc2)CC1)NCCc1ccccc1F. The lowest BCUT2D eigenvalue weighted by molar-refractivity contribution is -0.122. The Bertz CT molecular complexity index is 699. The second-order valence-corrected chi connectivity index (χ2v) is 6.73. The van der Waals surface area contributed by atoms with Crippen LogP contribution in [0.1, 0.15) is 11.1 Å². The van der Waals surface area contributed by atoms with Crippen molar-refractivity contribution in [3.63, 3.8) is 0 Å². The summed E-state index contributed by atoms with van der Waals surface area (Å²) in [5.41, 5.74) is 1.97. The molecular weight excluding hydrogens is 329 g/mol. The molecule has 5 heteroatoms. The molecule has 4 nitrogen and oxygen atoms in total. The van der Waals surface area contributed by atoms with Gasteiger partial charge in [-0.1, -0.05) is 48.5 Å². The molecule has 1 N–H and O–H groups in total. The summed E-state index contributed by atoms with van der Waals surface area (Å²) < 4.78 is 13.6. The van der Waals surface area contributed by atoms with Crippen LogP contribution in [-0.4, -0.2) is 55.0 Å². The predicted molar refractivity (Wildman–Crippen MR) is 101 cm³/mol. The molecule has 1 saturated heterocycles. The molecule has 0 unspecified atom stereocenters. The van der Waals surface area contributed by atoms with Gasteiger partial charge < -0.3 is 5.32 Å². The van der Waals surface area contributed by atoms with Gasteiger partial charge in [-0.05, 0) is 23.6 Å². The number of benzene rings is 2. The van der Waals surface area contributed by atoms with E-state index in [2.05, 4.69) is 39.4 Å². The number of carbonyl (C=O) groups is 1. The van der Waals surface area contributed by atoms with Gasteiger partial charge in [-0.2, -0.15) is 0 Å². The van der Waals surface area contributed by atoms with Crippen LogP contribution >= 0.6 is 0 Å². The standard InChI is InChI=1S/C21H26FN3O/c22-20-9-5-4-8-19(20)10-11-23-21(26)17-25-14-12-24(13-15-25)16-18-6-2-1-3-7-18/h1-9H,10-17H2,(H,23,26). The van der Waals surface area contributed by atoms with Crippen molar-refractivity contribution in [1.29, 1.82) is 0 Å². The van der Waals surface area contributed by atoms with E-state index in [0.717, 1.165) is 32.7 Å². The number of nitrogens with one attached hydrogen (secondary N) is 1. The summed E-state index contributed by atoms with van der Waals surface area (Å²) in [6.07, 6.45) is 0.517. The van der Waals surface area contributed by atoms with Gasteiger partial charge >= 0.3 is 0 Å². The predicted octanol–water partition coefficient (Wildman–Crippen LogP) is 2.30. The Morgan fingerprint density at radius 1 is 0.923 bits per heavy atom. The molecular formula is C21H26FN3O. The van der Waals surface area contributed by atoms with Gasteiger partial charge in [0.2, 0.25) is 5.91 Å². The van der Waals surface area contributed by atoms with Crippen LogP contribution in [0.5, 0.6) is 0 Å². The van der Waals surface area contributed by atoms with Crippen molar-refractivity contribution < 1.29 is 9.18 Å². The fraction of sp³-hybridized carbons (Fsp3) is 0.381. The van der Waals surface area contributed by atoms with Crippen LogP contribution in [0.3, 0.4) is 0 Å². The first-order valence-electron chi connectivity index (χ1n) is 9.19. The van der Waals surface area contributed by atoms with Gasteiger partial charge in [-0.15, -0.1) is 0 Å². The van der Waals surface area contributed by atoms with Crippen LogP contribution in [0.15, 0.2) is 54.6 Å². The lowest BCUT2D eigenvalue weighted by atomic mass is 10.1. The molecule has 0 radical (unpaired) electrons. The molecule has 1 amide bonds. The Morgan fingerprint density at radius 2 is 1.58 bits per heavy atom. The van der Waals surface area contributed by atoms with Crippen LogP contribution < -0.4 is 5.32 Å². The van der Waals surface area contributed by atoms with Crippen LogP contribution in [0.4, 0.5) is 4.39 Å². The molecule has 2 aromatic rings. The van der Waals surface area contributed by atoms with E-state index in [1.165, 1.54) is 11.6 Å². The molecule has 1 aliphatic heterocycles. The Hall–Kier alpha value is -2.24. The second-order valence-electron chi connectivity index (χ2n) is 6.73. The highest BCUT2D eigenvalue weighted by atomic mass is 19.1. The normalized spacial score (nSPS) is 15.7. The van der Waals surface area contributed by atoms with E-state index < -0.39 is 0 Å². The smallest absolute Gasteiger partial charge is 0.234 e. The molecule has 0 atom stereocenters. The van der Waals surface area contributed by atoms with E-state index in [1.807, 2.05) is 12.1 Å². The van der Waals surface area contributed by atoms with E-state index >= 15 is 0 Å². The third-order valence-electron chi connectivity index (χ3n) is 4.76. The molecule has 138 valence electrons. The summed E-state index contributed by atoms with van der Waals surface area (Å²) in [4.78, 5) is 16.7. The van der Waals surface area contributed by atoms with Gasteiger partial charge in [0.25, 0.3) is 0 Å². The molecule has 2 aromatic carbocycles. The highest BCUT2D eigenvalue weighted by Crippen LogP contribution is 2.08. The van der Waals surface area contributed by atoms with Crippen LogP contribution in [-0.2, 0) is 17.8 Å². The van der Waals surface area contributed by atoms with Gasteiger partial charge in [0, 0.05) is 39.3 Å². The van der Waals surface area contributed by atoms with E-state index in [0.29, 0.717) is 25.1 Å². The van der Waals surface area contributed by atoms with Crippen molar-refractivity contribution in [3.05, 3.63) is 71.5 Å². The van der Waals surface area contributed by atoms with Crippen LogP contribution in [0, 0.1) is 5.82 Å². The number of nitrogens with zero attached hydrogens (tertiary/aromatic N) is 2. The molecule has 0 saturated carbocycles. The second kappa shape index (κ2) is 9.46. The first-order valence-corrected chi connectivity index (χ1v) is 9.19. The Balaban J connectivity index is 1.34. The number of hydrogen-bond donors (Lipinski definition) is 1. The van der Waals surface area contributed by atoms with Gasteiger partial charge in [0.05, 0.1) is 6.54 Å². The largest absolute Gasteiger partial charge is 0.355 e. The minimum Gasteiger partial charge on any atom is -0.355 e. The first-order chi connectivity index (χ1) is 12.7. The van der Waals surface area contributed by atoms with Gasteiger partial charge in [-0.25, -0.2) is 4.39 Å². The number of piperazine rings is 1. The highest BCUT2D eigenvalue weighted by molar-refractivity contribution is 5.78. The first kappa shape index (κ1) is 18.5. The Morgan fingerprint density at radius 3 is 2.31 bits per heavy atom. The molecule has 1 fully saturated rings. The quantitative estimate of drug-likeness (QED) is 0.828. The number of amides is 1. The maximum Gasteiger partial charge on any atom is 0.234 e. The lowest BCUT2D eigenvalue weighted by Crippen LogP contribution is -2.49. The fourth-order valence-electron chi connectivity index (χ4n) is 3.24. The third-order valence-corrected chi connectivity index (χ3v) is 4.76. The summed E-state index contributed by atoms with van der Waals surface area (Å²) in [7, 11) is 0. The van der Waals surface area contributed by atoms with Crippen molar-refractivity contribution in [2.45, 2.75) is 13.0 Å². The van der Waals surface area contributed by atoms with Gasteiger partial charge in [0.15, 0.2) is 0 Å². The molecule has 0 aromatic heterocycles. The van der Waals surface area contributed by atoms with Crippen molar-refractivity contribution in [2.24, 2.45) is 0 Å². The monoisotopic (exact) mass is 355 g/mol. The molecule has 1 heterocycles. The molecule has 0 spiro atoms. The minimum absolute atomic E-state index is 0.0119. The van der Waals surface area contributed by atoms with Crippen molar-refractivity contribution in [2.75, 3.05) is 39.3 Å². The number of halogens is 1. The fourth-order valence-corrected chi connectivity index (χ4v) is 3.24. The van der Waals surface area contributed by atoms with Crippen LogP contribution in [0.25, 0.3) is 0 Å². The van der Waals surface area contributed by atoms with Crippen LogP contribution in [0.2, 0.25) is 0 Å². The topological polar surface area (TPSA) is 35.6 Å². The zero-order chi connectivity index (χ0) is 18.2. The molecule has 0 aliphatic carbocycles. The zero-order valence-corrected chi connectivity index (χ0v) is 15.0. The van der Waals surface area contributed by atoms with E-state index in [4.69, 9.17) is 0 Å². The van der Waals surface area contributed by atoms with Gasteiger partial charge in [0.1, 0.15) is 5.82 Å². The maximum absolute atomic E-state index is 13.6. The highest BCUT2D eigenvalue weighted by Gasteiger charge is 2.18. The molecule has 1 aliphatic rings. The summed E-state index contributed by atoms with van der Waals surface area (Å²) >= 11 is 0. The minimum atomic E-state index is -0.212. The number of carbonyl (C=O) groups excluding carboxylic acids is 1. The summed E-state index contributed by atoms with van der Waals surface area (Å²) in [6, 6.07) is 17.2. The number of rotatable bonds is 7. The summed E-state index contributed by atoms with van der Waals surface area (Å²) in [5.74, 6) is -0.200. The van der Waals surface area contributed by atoms with Gasteiger partial charge in [-0.3, -0.25) is 14.6 Å².